The van der Waals surface area contributed by atoms with E-state index in [-0.39, 0.29) is 0 Å². The van der Waals surface area contributed by atoms with Crippen molar-refractivity contribution in [1.29, 1.82) is 0 Å². The van der Waals surface area contributed by atoms with E-state index in [4.69, 9.17) is 21.1 Å². The standard InChI is InChI=1S/C13H20ClNO2S/c14-11-7-13(18-10-11)8-15-4-2-5-16-9-12-3-1-6-17-12/h7,10,12,15H,1-6,8-9H2. The highest BCUT2D eigenvalue weighted by Crippen LogP contribution is 2.18. The maximum absolute atomic E-state index is 5.85. The minimum atomic E-state index is 0.339. The molecule has 0 spiro atoms. The van der Waals surface area contributed by atoms with Gasteiger partial charge < -0.3 is 14.8 Å². The molecule has 1 aliphatic heterocycles. The van der Waals surface area contributed by atoms with Crippen molar-refractivity contribution in [3.05, 3.63) is 21.3 Å². The molecule has 0 aliphatic carbocycles. The molecule has 1 N–H and O–H groups in total. The van der Waals surface area contributed by atoms with Crippen LogP contribution in [0.5, 0.6) is 0 Å². The molecule has 1 fully saturated rings. The number of nitrogens with one attached hydrogen (secondary N) is 1. The van der Waals surface area contributed by atoms with Crippen molar-refractivity contribution in [1.82, 2.24) is 5.32 Å². The summed E-state index contributed by atoms with van der Waals surface area (Å²) in [5, 5.41) is 6.18. The van der Waals surface area contributed by atoms with Gasteiger partial charge in [-0.1, -0.05) is 11.6 Å². The lowest BCUT2D eigenvalue weighted by molar-refractivity contribution is 0.0166. The van der Waals surface area contributed by atoms with E-state index in [1.165, 1.54) is 11.3 Å². The number of hydrogen-bond donors (Lipinski definition) is 1. The highest BCUT2D eigenvalue weighted by molar-refractivity contribution is 7.10. The molecule has 5 heteroatoms. The van der Waals surface area contributed by atoms with Crippen molar-refractivity contribution in [2.24, 2.45) is 0 Å². The van der Waals surface area contributed by atoms with Crippen LogP contribution in [0.1, 0.15) is 24.1 Å². The number of rotatable bonds is 8. The summed E-state index contributed by atoms with van der Waals surface area (Å²) in [5.41, 5.74) is 0. The van der Waals surface area contributed by atoms with Gasteiger partial charge in [-0.05, 0) is 31.9 Å². The first-order valence-electron chi connectivity index (χ1n) is 6.47. The lowest BCUT2D eigenvalue weighted by Crippen LogP contribution is -2.18. The number of hydrogen-bond acceptors (Lipinski definition) is 4. The summed E-state index contributed by atoms with van der Waals surface area (Å²) >= 11 is 7.55. The lowest BCUT2D eigenvalue weighted by Gasteiger charge is -2.10. The van der Waals surface area contributed by atoms with Crippen LogP contribution < -0.4 is 5.32 Å². The maximum atomic E-state index is 5.85. The second-order valence-electron chi connectivity index (χ2n) is 4.47. The molecule has 0 bridgehead atoms. The van der Waals surface area contributed by atoms with Crippen LogP contribution >= 0.6 is 22.9 Å². The summed E-state index contributed by atoms with van der Waals surface area (Å²) in [7, 11) is 0. The summed E-state index contributed by atoms with van der Waals surface area (Å²) < 4.78 is 11.1. The summed E-state index contributed by atoms with van der Waals surface area (Å²) in [6, 6.07) is 2.01. The van der Waals surface area contributed by atoms with Gasteiger partial charge >= 0.3 is 0 Å². The quantitative estimate of drug-likeness (QED) is 0.746. The fraction of sp³-hybridized carbons (Fsp3) is 0.692. The Labute approximate surface area is 117 Å². The van der Waals surface area contributed by atoms with E-state index >= 15 is 0 Å². The van der Waals surface area contributed by atoms with Crippen molar-refractivity contribution >= 4 is 22.9 Å². The predicted molar refractivity (Wildman–Crippen MR) is 75.4 cm³/mol. The summed E-state index contributed by atoms with van der Waals surface area (Å²) in [4.78, 5) is 1.28. The first kappa shape index (κ1) is 14.3. The van der Waals surface area contributed by atoms with Crippen LogP contribution in [-0.2, 0) is 16.0 Å². The summed E-state index contributed by atoms with van der Waals surface area (Å²) in [5.74, 6) is 0. The minimum absolute atomic E-state index is 0.339. The first-order valence-corrected chi connectivity index (χ1v) is 7.73. The molecule has 1 aliphatic rings. The second kappa shape index (κ2) is 8.12. The van der Waals surface area contributed by atoms with E-state index in [0.29, 0.717) is 6.10 Å². The lowest BCUT2D eigenvalue weighted by atomic mass is 10.2. The molecule has 1 aromatic rings. The zero-order valence-corrected chi connectivity index (χ0v) is 12.1. The van der Waals surface area contributed by atoms with E-state index in [9.17, 15) is 0 Å². The molecular formula is C13H20ClNO2S. The van der Waals surface area contributed by atoms with Crippen molar-refractivity contribution < 1.29 is 9.47 Å². The third-order valence-electron chi connectivity index (χ3n) is 2.89. The molecule has 0 radical (unpaired) electrons. The number of ether oxygens (including phenoxy) is 2. The average Bonchev–Trinajstić information content (AvgIpc) is 3.00. The summed E-state index contributed by atoms with van der Waals surface area (Å²) in [6.07, 6.45) is 3.70. The molecular weight excluding hydrogens is 270 g/mol. The Morgan fingerprint density at radius 2 is 2.50 bits per heavy atom. The third kappa shape index (κ3) is 5.24. The fourth-order valence-corrected chi connectivity index (χ4v) is 2.99. The van der Waals surface area contributed by atoms with Gasteiger partial charge in [0.2, 0.25) is 0 Å². The van der Waals surface area contributed by atoms with E-state index in [1.807, 2.05) is 11.4 Å². The Morgan fingerprint density at radius 1 is 1.56 bits per heavy atom. The van der Waals surface area contributed by atoms with Crippen molar-refractivity contribution in [3.8, 4) is 0 Å². The van der Waals surface area contributed by atoms with Gasteiger partial charge in [-0.2, -0.15) is 0 Å². The van der Waals surface area contributed by atoms with E-state index in [2.05, 4.69) is 5.32 Å². The maximum Gasteiger partial charge on any atom is 0.0809 e. The van der Waals surface area contributed by atoms with Gasteiger partial charge in [0, 0.05) is 30.0 Å². The van der Waals surface area contributed by atoms with E-state index < -0.39 is 0 Å². The monoisotopic (exact) mass is 289 g/mol. The summed E-state index contributed by atoms with van der Waals surface area (Å²) in [6.45, 7) is 4.32. The molecule has 1 atom stereocenters. The van der Waals surface area contributed by atoms with Crippen LogP contribution in [-0.4, -0.2) is 32.5 Å². The fourth-order valence-electron chi connectivity index (χ4n) is 1.95. The van der Waals surface area contributed by atoms with Crippen molar-refractivity contribution in [2.45, 2.75) is 31.9 Å². The SMILES string of the molecule is Clc1csc(CNCCCOCC2CCCO2)c1. The molecule has 2 rings (SSSR count). The topological polar surface area (TPSA) is 30.5 Å². The van der Waals surface area contributed by atoms with Gasteiger partial charge in [0.1, 0.15) is 0 Å². The van der Waals surface area contributed by atoms with Gasteiger partial charge in [-0.3, -0.25) is 0 Å². The van der Waals surface area contributed by atoms with Crippen LogP contribution in [0.3, 0.4) is 0 Å². The van der Waals surface area contributed by atoms with Crippen LogP contribution in [0.25, 0.3) is 0 Å². The molecule has 18 heavy (non-hydrogen) atoms. The minimum Gasteiger partial charge on any atom is -0.379 e. The van der Waals surface area contributed by atoms with Crippen molar-refractivity contribution in [2.75, 3.05) is 26.4 Å². The van der Waals surface area contributed by atoms with Gasteiger partial charge in [-0.25, -0.2) is 0 Å². The normalized spacial score (nSPS) is 19.5. The molecule has 2 heterocycles. The smallest absolute Gasteiger partial charge is 0.0809 e. The van der Waals surface area contributed by atoms with Crippen LogP contribution in [0.15, 0.2) is 11.4 Å². The average molecular weight is 290 g/mol. The van der Waals surface area contributed by atoms with E-state index in [1.54, 1.807) is 11.3 Å². The molecule has 0 aromatic carbocycles. The van der Waals surface area contributed by atoms with Crippen molar-refractivity contribution in [3.63, 3.8) is 0 Å². The first-order chi connectivity index (χ1) is 8.84. The zero-order chi connectivity index (χ0) is 12.6. The number of thiophene rings is 1. The van der Waals surface area contributed by atoms with Gasteiger partial charge in [0.25, 0.3) is 0 Å². The molecule has 0 saturated carbocycles. The number of halogens is 1. The largest absolute Gasteiger partial charge is 0.379 e. The Balaban J connectivity index is 1.41. The molecule has 1 aromatic heterocycles. The van der Waals surface area contributed by atoms with Crippen LogP contribution in [0, 0.1) is 0 Å². The molecule has 102 valence electrons. The third-order valence-corrected chi connectivity index (χ3v) is 4.18. The molecule has 1 saturated heterocycles. The Kier molecular flexibility index (Phi) is 6.45. The van der Waals surface area contributed by atoms with Gasteiger partial charge in [-0.15, -0.1) is 11.3 Å². The van der Waals surface area contributed by atoms with Crippen LogP contribution in [0.2, 0.25) is 5.02 Å². The van der Waals surface area contributed by atoms with Gasteiger partial charge in [0.05, 0.1) is 17.7 Å². The van der Waals surface area contributed by atoms with Crippen LogP contribution in [0.4, 0.5) is 0 Å². The Hall–Kier alpha value is -0.130. The van der Waals surface area contributed by atoms with Gasteiger partial charge in [0.15, 0.2) is 0 Å². The predicted octanol–water partition coefficient (Wildman–Crippen LogP) is 3.08. The highest BCUT2D eigenvalue weighted by atomic mass is 35.5. The Morgan fingerprint density at radius 3 is 3.22 bits per heavy atom. The van der Waals surface area contributed by atoms with E-state index in [0.717, 1.165) is 50.8 Å². The molecule has 3 nitrogen and oxygen atoms in total. The zero-order valence-electron chi connectivity index (χ0n) is 10.5. The molecule has 1 unspecified atom stereocenters. The second-order valence-corrected chi connectivity index (χ2v) is 5.90. The Bertz CT molecular complexity index is 339. The molecule has 0 amide bonds. The highest BCUT2D eigenvalue weighted by Gasteiger charge is 2.14.